The van der Waals surface area contributed by atoms with Crippen molar-refractivity contribution in [3.8, 4) is 5.69 Å². The Bertz CT molecular complexity index is 1380. The molecule has 0 amide bonds. The number of fused-ring (bicyclic) bond motifs is 1. The van der Waals surface area contributed by atoms with Gasteiger partial charge in [0.2, 0.25) is 5.95 Å². The third-order valence-electron chi connectivity index (χ3n) is 5.80. The van der Waals surface area contributed by atoms with E-state index in [1.54, 1.807) is 22.8 Å². The maximum Gasteiger partial charge on any atom is 0.265 e. The first-order valence-electron chi connectivity index (χ1n) is 11.7. The third kappa shape index (κ3) is 4.94. The van der Waals surface area contributed by atoms with Crippen LogP contribution in [0.1, 0.15) is 19.7 Å². The van der Waals surface area contributed by atoms with Gasteiger partial charge < -0.3 is 9.64 Å². The maximum atomic E-state index is 13.6. The smallest absolute Gasteiger partial charge is 0.265 e. The van der Waals surface area contributed by atoms with Crippen LogP contribution < -0.4 is 10.5 Å². The summed E-state index contributed by atoms with van der Waals surface area (Å²) < 4.78 is 22.8. The minimum atomic E-state index is -0.357. The van der Waals surface area contributed by atoms with E-state index in [0.717, 1.165) is 30.7 Å². The normalized spacial score (nSPS) is 14.2. The van der Waals surface area contributed by atoms with Crippen molar-refractivity contribution in [1.29, 1.82) is 0 Å². The molecule has 4 aromatic rings. The minimum Gasteiger partial charge on any atom is -0.378 e. The van der Waals surface area contributed by atoms with E-state index in [9.17, 15) is 9.18 Å². The number of halogens is 1. The fraction of sp³-hybridized carbons (Fsp3) is 0.360. The van der Waals surface area contributed by atoms with Gasteiger partial charge in [-0.25, -0.2) is 9.37 Å². The number of nitrogens with zero attached hydrogens (tertiary/aromatic N) is 6. The second kappa shape index (κ2) is 10.2. The van der Waals surface area contributed by atoms with Crippen LogP contribution in [0.25, 0.3) is 16.6 Å². The number of hydrogen-bond donors (Lipinski definition) is 0. The molecule has 0 radical (unpaired) electrons. The summed E-state index contributed by atoms with van der Waals surface area (Å²) in [6, 6.07) is 13.2. The highest BCUT2D eigenvalue weighted by Gasteiger charge is 2.22. The van der Waals surface area contributed by atoms with Crippen molar-refractivity contribution in [3.05, 3.63) is 70.5 Å². The quantitative estimate of drug-likeness (QED) is 0.361. The topological polar surface area (TPSA) is 78.1 Å². The van der Waals surface area contributed by atoms with Crippen LogP contribution in [0.2, 0.25) is 0 Å². The van der Waals surface area contributed by atoms with Crippen molar-refractivity contribution >= 4 is 28.6 Å². The summed E-state index contributed by atoms with van der Waals surface area (Å²) in [4.78, 5) is 20.4. The summed E-state index contributed by atoms with van der Waals surface area (Å²) >= 11 is 1.49. The monoisotopic (exact) mass is 494 g/mol. The zero-order chi connectivity index (χ0) is 24.4. The number of ether oxygens (including phenoxy) is 1. The van der Waals surface area contributed by atoms with Crippen molar-refractivity contribution in [2.45, 2.75) is 31.3 Å². The predicted molar refractivity (Wildman–Crippen MR) is 135 cm³/mol. The van der Waals surface area contributed by atoms with Gasteiger partial charge >= 0.3 is 0 Å². The van der Waals surface area contributed by atoms with E-state index in [-0.39, 0.29) is 11.4 Å². The zero-order valence-corrected chi connectivity index (χ0v) is 20.5. The lowest BCUT2D eigenvalue weighted by Crippen LogP contribution is -2.38. The standard InChI is InChI=1S/C25H27FN6O2S/c1-17(2)15-31-24(30-11-13-34-14-12-30)28-29-25(31)35-16-22-27-21-6-4-3-5-20(21)23(33)32(22)19-9-7-18(26)8-10-19/h3-10,17H,11-16H2,1-2H3. The molecule has 1 aliphatic heterocycles. The van der Waals surface area contributed by atoms with Crippen LogP contribution >= 0.6 is 11.8 Å². The molecule has 10 heteroatoms. The molecule has 0 spiro atoms. The van der Waals surface area contributed by atoms with Crippen molar-refractivity contribution in [2.75, 3.05) is 31.2 Å². The van der Waals surface area contributed by atoms with E-state index in [1.807, 2.05) is 18.2 Å². The first-order valence-corrected chi connectivity index (χ1v) is 12.6. The molecule has 1 saturated heterocycles. The molecule has 0 N–H and O–H groups in total. The highest BCUT2D eigenvalue weighted by molar-refractivity contribution is 7.98. The van der Waals surface area contributed by atoms with Gasteiger partial charge in [-0.15, -0.1) is 10.2 Å². The van der Waals surface area contributed by atoms with Gasteiger partial charge in [0, 0.05) is 19.6 Å². The van der Waals surface area contributed by atoms with Crippen molar-refractivity contribution in [3.63, 3.8) is 0 Å². The molecule has 2 aromatic heterocycles. The first kappa shape index (κ1) is 23.5. The van der Waals surface area contributed by atoms with Crippen molar-refractivity contribution < 1.29 is 9.13 Å². The molecule has 3 heterocycles. The Kier molecular flexibility index (Phi) is 6.83. The summed E-state index contributed by atoms with van der Waals surface area (Å²) in [7, 11) is 0. The highest BCUT2D eigenvalue weighted by Crippen LogP contribution is 2.27. The highest BCUT2D eigenvalue weighted by atomic mass is 32.2. The molecular weight excluding hydrogens is 467 g/mol. The number of aromatic nitrogens is 5. The third-order valence-corrected chi connectivity index (χ3v) is 6.76. The van der Waals surface area contributed by atoms with Crippen molar-refractivity contribution in [1.82, 2.24) is 24.3 Å². The molecule has 5 rings (SSSR count). The van der Waals surface area contributed by atoms with Gasteiger partial charge in [-0.1, -0.05) is 37.7 Å². The SMILES string of the molecule is CC(C)Cn1c(SCc2nc3ccccc3c(=O)n2-c2ccc(F)cc2)nnc1N1CCOCC1. The number of hydrogen-bond acceptors (Lipinski definition) is 7. The van der Waals surface area contributed by atoms with E-state index < -0.39 is 0 Å². The molecule has 0 aliphatic carbocycles. The number of anilines is 1. The average Bonchev–Trinajstić information content (AvgIpc) is 3.26. The number of thioether (sulfide) groups is 1. The zero-order valence-electron chi connectivity index (χ0n) is 19.7. The molecule has 0 atom stereocenters. The van der Waals surface area contributed by atoms with Gasteiger partial charge in [-0.05, 0) is 42.3 Å². The maximum absolute atomic E-state index is 13.6. The molecule has 2 aromatic carbocycles. The van der Waals surface area contributed by atoms with Gasteiger partial charge in [0.15, 0.2) is 5.16 Å². The van der Waals surface area contributed by atoms with Crippen LogP contribution in [0.5, 0.6) is 0 Å². The molecule has 0 bridgehead atoms. The number of rotatable bonds is 7. The fourth-order valence-electron chi connectivity index (χ4n) is 4.17. The van der Waals surface area contributed by atoms with Gasteiger partial charge in [0.25, 0.3) is 5.56 Å². The van der Waals surface area contributed by atoms with Gasteiger partial charge in [0.05, 0.1) is 35.6 Å². The number of benzene rings is 2. The van der Waals surface area contributed by atoms with Crippen LogP contribution in [-0.2, 0) is 17.0 Å². The Morgan fingerprint density at radius 3 is 2.54 bits per heavy atom. The summed E-state index contributed by atoms with van der Waals surface area (Å²) in [5.41, 5.74) is 1.02. The lowest BCUT2D eigenvalue weighted by atomic mass is 10.2. The van der Waals surface area contributed by atoms with Crippen LogP contribution in [0.3, 0.4) is 0 Å². The summed E-state index contributed by atoms with van der Waals surface area (Å²) in [6.07, 6.45) is 0. The van der Waals surface area contributed by atoms with Gasteiger partial charge in [-0.2, -0.15) is 0 Å². The number of morpholine rings is 1. The number of para-hydroxylation sites is 1. The molecule has 1 fully saturated rings. The summed E-state index contributed by atoms with van der Waals surface area (Å²) in [5, 5.41) is 10.3. The van der Waals surface area contributed by atoms with Crippen LogP contribution in [0.15, 0.2) is 58.5 Å². The Balaban J connectivity index is 1.52. The first-order chi connectivity index (χ1) is 17.0. The summed E-state index contributed by atoms with van der Waals surface area (Å²) in [5.74, 6) is 1.85. The molecule has 0 unspecified atom stereocenters. The van der Waals surface area contributed by atoms with Crippen LogP contribution in [0, 0.1) is 11.7 Å². The predicted octanol–water partition coefficient (Wildman–Crippen LogP) is 3.90. The molecular formula is C25H27FN6O2S. The van der Waals surface area contributed by atoms with E-state index in [1.165, 1.54) is 23.9 Å². The van der Waals surface area contributed by atoms with Crippen molar-refractivity contribution in [2.24, 2.45) is 5.92 Å². The Hall–Kier alpha value is -3.24. The molecule has 8 nitrogen and oxygen atoms in total. The van der Waals surface area contributed by atoms with Gasteiger partial charge in [0.1, 0.15) is 11.6 Å². The van der Waals surface area contributed by atoms with Gasteiger partial charge in [-0.3, -0.25) is 13.9 Å². The second-order valence-corrected chi connectivity index (χ2v) is 9.78. The fourth-order valence-corrected chi connectivity index (χ4v) is 5.03. The largest absolute Gasteiger partial charge is 0.378 e. The van der Waals surface area contributed by atoms with Crippen LogP contribution in [-0.4, -0.2) is 50.6 Å². The lowest BCUT2D eigenvalue weighted by molar-refractivity contribution is 0.121. The van der Waals surface area contributed by atoms with E-state index in [2.05, 4.69) is 33.5 Å². The lowest BCUT2D eigenvalue weighted by Gasteiger charge is -2.28. The van der Waals surface area contributed by atoms with Crippen LogP contribution in [0.4, 0.5) is 10.3 Å². The van der Waals surface area contributed by atoms with E-state index >= 15 is 0 Å². The molecule has 1 aliphatic rings. The molecule has 0 saturated carbocycles. The van der Waals surface area contributed by atoms with E-state index in [0.29, 0.717) is 47.3 Å². The molecule has 35 heavy (non-hydrogen) atoms. The second-order valence-electron chi connectivity index (χ2n) is 8.84. The Labute approximate surface area is 206 Å². The average molecular weight is 495 g/mol. The Morgan fingerprint density at radius 2 is 1.80 bits per heavy atom. The Morgan fingerprint density at radius 1 is 1.06 bits per heavy atom. The molecule has 182 valence electrons. The minimum absolute atomic E-state index is 0.185. The summed E-state index contributed by atoms with van der Waals surface area (Å²) in [6.45, 7) is 7.99. The van der Waals surface area contributed by atoms with E-state index in [4.69, 9.17) is 9.72 Å².